The summed E-state index contributed by atoms with van der Waals surface area (Å²) in [6.45, 7) is -3.13. The first-order valence-corrected chi connectivity index (χ1v) is 5.87. The summed E-state index contributed by atoms with van der Waals surface area (Å²) in [5.41, 5.74) is 0.0172. The molecule has 9 heteroatoms. The number of hydrogen-bond donors (Lipinski definition) is 1. The number of halogens is 4. The fraction of sp³-hybridized carbons (Fsp3) is 0.0833. The van der Waals surface area contributed by atoms with Crippen molar-refractivity contribution in [1.82, 2.24) is 9.97 Å². The number of ether oxygens (including phenoxy) is 1. The highest BCUT2D eigenvalue weighted by Gasteiger charge is 2.13. The zero-order valence-corrected chi connectivity index (χ0v) is 10.9. The molecule has 0 spiro atoms. The third kappa shape index (κ3) is 4.06. The smallest absolute Gasteiger partial charge is 0.387 e. The summed E-state index contributed by atoms with van der Waals surface area (Å²) in [6, 6.07) is 3.03. The standard InChI is InChI=1S/C12H7ClF3N3O2/c13-10-5-17-8(4-18-10)11(20)19-6-1-2-9(7(14)3-6)21-12(15)16/h1-5,12H,(H,19,20). The number of nitrogens with zero attached hydrogens (tertiary/aromatic N) is 2. The molecule has 1 N–H and O–H groups in total. The quantitative estimate of drug-likeness (QED) is 0.941. The van der Waals surface area contributed by atoms with Gasteiger partial charge in [0.05, 0.1) is 12.4 Å². The summed E-state index contributed by atoms with van der Waals surface area (Å²) in [5.74, 6) is -2.30. The van der Waals surface area contributed by atoms with Crippen molar-refractivity contribution in [3.05, 3.63) is 47.3 Å². The van der Waals surface area contributed by atoms with Crippen LogP contribution in [0.3, 0.4) is 0 Å². The highest BCUT2D eigenvalue weighted by molar-refractivity contribution is 6.29. The van der Waals surface area contributed by atoms with Gasteiger partial charge < -0.3 is 10.1 Å². The number of anilines is 1. The number of alkyl halides is 2. The van der Waals surface area contributed by atoms with Crippen LogP contribution < -0.4 is 10.1 Å². The second-order valence-electron chi connectivity index (χ2n) is 3.70. The van der Waals surface area contributed by atoms with Gasteiger partial charge in [0, 0.05) is 11.8 Å². The molecule has 21 heavy (non-hydrogen) atoms. The molecule has 1 aromatic carbocycles. The minimum absolute atomic E-state index is 0.0345. The van der Waals surface area contributed by atoms with E-state index >= 15 is 0 Å². The monoisotopic (exact) mass is 317 g/mol. The van der Waals surface area contributed by atoms with E-state index in [0.29, 0.717) is 0 Å². The van der Waals surface area contributed by atoms with Crippen molar-refractivity contribution in [2.45, 2.75) is 6.61 Å². The van der Waals surface area contributed by atoms with Crippen molar-refractivity contribution in [2.75, 3.05) is 5.32 Å². The Bertz CT molecular complexity index is 653. The van der Waals surface area contributed by atoms with E-state index in [1.807, 2.05) is 0 Å². The van der Waals surface area contributed by atoms with E-state index in [1.165, 1.54) is 12.3 Å². The maximum absolute atomic E-state index is 13.5. The van der Waals surface area contributed by atoms with Gasteiger partial charge >= 0.3 is 6.61 Å². The largest absolute Gasteiger partial charge is 0.432 e. The van der Waals surface area contributed by atoms with Crippen molar-refractivity contribution in [1.29, 1.82) is 0 Å². The topological polar surface area (TPSA) is 64.1 Å². The number of carbonyl (C=O) groups is 1. The molecule has 2 rings (SSSR count). The van der Waals surface area contributed by atoms with Crippen LogP contribution in [0.25, 0.3) is 0 Å². The molecule has 0 saturated heterocycles. The van der Waals surface area contributed by atoms with E-state index in [4.69, 9.17) is 11.6 Å². The van der Waals surface area contributed by atoms with Crippen molar-refractivity contribution in [3.63, 3.8) is 0 Å². The average molecular weight is 318 g/mol. The molecule has 1 heterocycles. The van der Waals surface area contributed by atoms with E-state index in [0.717, 1.165) is 18.3 Å². The molecule has 2 aromatic rings. The molecule has 5 nitrogen and oxygen atoms in total. The van der Waals surface area contributed by atoms with Crippen molar-refractivity contribution < 1.29 is 22.7 Å². The third-order valence-corrected chi connectivity index (χ3v) is 2.45. The van der Waals surface area contributed by atoms with Gasteiger partial charge in [-0.05, 0) is 12.1 Å². The average Bonchev–Trinajstić information content (AvgIpc) is 2.42. The SMILES string of the molecule is O=C(Nc1ccc(OC(F)F)c(F)c1)c1cnc(Cl)cn1. The molecule has 0 radical (unpaired) electrons. The van der Waals surface area contributed by atoms with Crippen LogP contribution in [-0.4, -0.2) is 22.5 Å². The zero-order valence-electron chi connectivity index (χ0n) is 10.2. The minimum atomic E-state index is -3.13. The number of rotatable bonds is 4. The van der Waals surface area contributed by atoms with Gasteiger partial charge in [-0.1, -0.05) is 11.6 Å². The van der Waals surface area contributed by atoms with Gasteiger partial charge in [-0.2, -0.15) is 8.78 Å². The summed E-state index contributed by atoms with van der Waals surface area (Å²) in [6.07, 6.45) is 2.32. The zero-order chi connectivity index (χ0) is 15.4. The normalized spacial score (nSPS) is 10.5. The molecule has 1 amide bonds. The molecule has 1 aromatic heterocycles. The fourth-order valence-corrected chi connectivity index (χ4v) is 1.49. The summed E-state index contributed by atoms with van der Waals surface area (Å²) in [4.78, 5) is 19.2. The minimum Gasteiger partial charge on any atom is -0.432 e. The van der Waals surface area contributed by atoms with Crippen molar-refractivity contribution in [3.8, 4) is 5.75 Å². The number of aromatic nitrogens is 2. The first-order chi connectivity index (χ1) is 9.95. The Morgan fingerprint density at radius 2 is 2.05 bits per heavy atom. The van der Waals surface area contributed by atoms with Crippen LogP contribution in [0.4, 0.5) is 18.9 Å². The van der Waals surface area contributed by atoms with Crippen molar-refractivity contribution in [2.24, 2.45) is 0 Å². The van der Waals surface area contributed by atoms with Crippen LogP contribution in [0.1, 0.15) is 10.5 Å². The van der Waals surface area contributed by atoms with Crippen LogP contribution >= 0.6 is 11.6 Å². The summed E-state index contributed by atoms with van der Waals surface area (Å²) in [7, 11) is 0. The molecule has 0 aliphatic carbocycles. The van der Waals surface area contributed by atoms with Crippen LogP contribution in [-0.2, 0) is 0 Å². The molecule has 0 aliphatic rings. The van der Waals surface area contributed by atoms with Gasteiger partial charge in [-0.3, -0.25) is 4.79 Å². The molecular weight excluding hydrogens is 311 g/mol. The Morgan fingerprint density at radius 3 is 2.62 bits per heavy atom. The summed E-state index contributed by atoms with van der Waals surface area (Å²) in [5, 5.41) is 2.45. The van der Waals surface area contributed by atoms with E-state index in [-0.39, 0.29) is 16.5 Å². The predicted molar refractivity (Wildman–Crippen MR) is 68.0 cm³/mol. The Labute approximate surface area is 121 Å². The first-order valence-electron chi connectivity index (χ1n) is 5.49. The third-order valence-electron chi connectivity index (χ3n) is 2.26. The van der Waals surface area contributed by atoms with Gasteiger partial charge in [0.25, 0.3) is 5.91 Å². The Morgan fingerprint density at radius 1 is 1.29 bits per heavy atom. The maximum atomic E-state index is 13.5. The fourth-order valence-electron chi connectivity index (χ4n) is 1.39. The molecule has 0 unspecified atom stereocenters. The summed E-state index contributed by atoms with van der Waals surface area (Å²) >= 11 is 5.53. The Kier molecular flexibility index (Phi) is 4.59. The lowest BCUT2D eigenvalue weighted by Gasteiger charge is -2.08. The molecule has 0 aliphatic heterocycles. The highest BCUT2D eigenvalue weighted by Crippen LogP contribution is 2.23. The number of benzene rings is 1. The number of amides is 1. The van der Waals surface area contributed by atoms with Crippen LogP contribution in [0.15, 0.2) is 30.6 Å². The van der Waals surface area contributed by atoms with Gasteiger partial charge in [0.1, 0.15) is 10.8 Å². The lowest BCUT2D eigenvalue weighted by Crippen LogP contribution is -2.14. The number of carbonyl (C=O) groups excluding carboxylic acids is 1. The van der Waals surface area contributed by atoms with E-state index in [1.54, 1.807) is 0 Å². The van der Waals surface area contributed by atoms with Gasteiger partial charge in [-0.15, -0.1) is 0 Å². The second-order valence-corrected chi connectivity index (χ2v) is 4.09. The van der Waals surface area contributed by atoms with Gasteiger partial charge in [-0.25, -0.2) is 14.4 Å². The lowest BCUT2D eigenvalue weighted by atomic mass is 10.2. The van der Waals surface area contributed by atoms with Crippen LogP contribution in [0.5, 0.6) is 5.75 Å². The molecule has 0 bridgehead atoms. The van der Waals surface area contributed by atoms with Crippen molar-refractivity contribution >= 4 is 23.2 Å². The predicted octanol–water partition coefficient (Wildman–Crippen LogP) is 3.12. The molecule has 0 saturated carbocycles. The number of nitrogens with one attached hydrogen (secondary N) is 1. The Balaban J connectivity index is 2.11. The Hall–Kier alpha value is -2.35. The van der Waals surface area contributed by atoms with Crippen LogP contribution in [0.2, 0.25) is 5.15 Å². The molecule has 0 fully saturated rings. The molecular formula is C12H7ClF3N3O2. The second kappa shape index (κ2) is 6.40. The van der Waals surface area contributed by atoms with Gasteiger partial charge in [0.2, 0.25) is 0 Å². The van der Waals surface area contributed by atoms with Crippen LogP contribution in [0, 0.1) is 5.82 Å². The first kappa shape index (κ1) is 15.0. The lowest BCUT2D eigenvalue weighted by molar-refractivity contribution is -0.0521. The maximum Gasteiger partial charge on any atom is 0.387 e. The van der Waals surface area contributed by atoms with E-state index in [9.17, 15) is 18.0 Å². The number of hydrogen-bond acceptors (Lipinski definition) is 4. The molecule has 0 atom stereocenters. The molecule has 110 valence electrons. The van der Waals surface area contributed by atoms with E-state index < -0.39 is 24.1 Å². The highest BCUT2D eigenvalue weighted by atomic mass is 35.5. The van der Waals surface area contributed by atoms with Gasteiger partial charge in [0.15, 0.2) is 11.6 Å². The van der Waals surface area contributed by atoms with E-state index in [2.05, 4.69) is 20.0 Å². The summed E-state index contributed by atoms with van der Waals surface area (Å²) < 4.78 is 41.4.